The predicted octanol–water partition coefficient (Wildman–Crippen LogP) is 39.2. The Bertz CT molecular complexity index is 9840. The van der Waals surface area contributed by atoms with Crippen LogP contribution in [0.4, 0.5) is 0 Å². The van der Waals surface area contributed by atoms with Gasteiger partial charge in [0, 0.05) is 169 Å². The first-order valence-corrected chi connectivity index (χ1v) is 55.4. The molecule has 0 aliphatic rings. The van der Waals surface area contributed by atoms with Crippen molar-refractivity contribution in [2.24, 2.45) is 0 Å². The van der Waals surface area contributed by atoms with Crippen LogP contribution in [-0.2, 0) is 0 Å². The van der Waals surface area contributed by atoms with Gasteiger partial charge in [0.15, 0.2) is 0 Å². The second-order valence-electron chi connectivity index (χ2n) is 34.7. The molecule has 144 heavy (non-hydrogen) atoms. The third-order valence-electron chi connectivity index (χ3n) is 25.8. The second-order valence-corrected chi connectivity index (χ2v) is 45.0. The summed E-state index contributed by atoms with van der Waals surface area (Å²) in [6.07, 6.45) is 16.2. The fourth-order valence-electron chi connectivity index (χ4n) is 19.6. The van der Waals surface area contributed by atoms with Gasteiger partial charge in [0.2, 0.25) is 0 Å². The zero-order valence-electron chi connectivity index (χ0n) is 80.0. The lowest BCUT2D eigenvalue weighted by Crippen LogP contribution is -1.85. The van der Waals surface area contributed by atoms with Crippen LogP contribution in [0, 0.1) is 109 Å². The molecule has 0 aliphatic carbocycles. The summed E-state index contributed by atoms with van der Waals surface area (Å²) < 4.78 is 20.0. The number of benzene rings is 14. The number of thiophene rings is 10. The maximum atomic E-state index is 4.31. The van der Waals surface area contributed by atoms with E-state index < -0.39 is 0 Å². The largest absolute Gasteiger partial charge is 0.264 e. The van der Waals surface area contributed by atoms with E-state index >= 15 is 0 Å². The van der Waals surface area contributed by atoms with E-state index in [0.717, 1.165) is 55.6 Å². The van der Waals surface area contributed by atoms with Gasteiger partial charge in [0.05, 0.1) is 82.1 Å². The predicted molar refractivity (Wildman–Crippen MR) is 643 cm³/mol. The smallest absolute Gasteiger partial charge is 0.0531 e. The molecular formula is C132H82N2S10. The van der Waals surface area contributed by atoms with E-state index in [2.05, 4.69) is 384 Å². The molecule has 0 N–H and O–H groups in total. The molecule has 26 rings (SSSR count). The topological polar surface area (TPSA) is 25.8 Å². The van der Waals surface area contributed by atoms with E-state index in [-0.39, 0.29) is 0 Å². The molecule has 0 amide bonds. The fraction of sp³-hybridized carbons (Fsp3) is 0.0758. The van der Waals surface area contributed by atoms with Crippen LogP contribution in [0.5, 0.6) is 0 Å². The highest BCUT2D eigenvalue weighted by Crippen LogP contribution is 2.55. The van der Waals surface area contributed by atoms with Gasteiger partial charge < -0.3 is 0 Å². The number of aryl methyl sites for hydroxylation is 2. The maximum Gasteiger partial charge on any atom is 0.0531 e. The summed E-state index contributed by atoms with van der Waals surface area (Å²) in [5.41, 5.74) is 23.4. The van der Waals surface area contributed by atoms with Crippen molar-refractivity contribution in [3.63, 3.8) is 0 Å². The van der Waals surface area contributed by atoms with Crippen molar-refractivity contribution in [1.82, 2.24) is 9.97 Å². The monoisotopic (exact) mass is 2010 g/mol. The molecule has 0 fully saturated rings. The maximum absolute atomic E-state index is 4.31. The highest BCUT2D eigenvalue weighted by molar-refractivity contribution is 7.31. The minimum Gasteiger partial charge on any atom is -0.264 e. The Balaban J connectivity index is 0.000000107. The van der Waals surface area contributed by atoms with Crippen LogP contribution in [0.2, 0.25) is 0 Å². The third-order valence-corrected chi connectivity index (χ3v) is 37.1. The van der Waals surface area contributed by atoms with Gasteiger partial charge in [0.1, 0.15) is 0 Å². The summed E-state index contributed by atoms with van der Waals surface area (Å²) >= 11 is 18.2. The first-order valence-electron chi connectivity index (χ1n) is 47.1. The van der Waals surface area contributed by atoms with Crippen LogP contribution < -0.4 is 0 Å². The average molecular weight is 2020 g/mol. The van der Waals surface area contributed by atoms with Crippen molar-refractivity contribution < 1.29 is 0 Å². The van der Waals surface area contributed by atoms with Crippen molar-refractivity contribution in [3.8, 4) is 138 Å². The number of aromatic nitrogens is 2. The summed E-state index contributed by atoms with van der Waals surface area (Å²) in [4.78, 5) is 11.2. The van der Waals surface area contributed by atoms with E-state index in [1.165, 1.54) is 227 Å². The average Bonchev–Trinajstić information content (AvgIpc) is 1.57. The van der Waals surface area contributed by atoms with Crippen LogP contribution >= 0.6 is 113 Å². The second kappa shape index (κ2) is 39.8. The number of nitrogens with zero attached hydrogens (tertiary/aromatic N) is 2. The lowest BCUT2D eigenvalue weighted by molar-refractivity contribution is 1.33. The van der Waals surface area contributed by atoms with Gasteiger partial charge in [-0.05, 0) is 222 Å². The molecule has 0 saturated carbocycles. The van der Waals surface area contributed by atoms with Gasteiger partial charge in [0.25, 0.3) is 0 Å². The Labute approximate surface area is 875 Å². The van der Waals surface area contributed by atoms with Gasteiger partial charge in [-0.3, -0.25) is 9.97 Å². The minimum atomic E-state index is 1.10. The molecule has 14 aromatic carbocycles. The summed E-state index contributed by atoms with van der Waals surface area (Å²) in [6, 6.07) is 91.7. The lowest BCUT2D eigenvalue weighted by atomic mass is 9.96. The zero-order chi connectivity index (χ0) is 97.7. The standard InChI is InChI=1S/C40H26S2.C34H20N2S2.C32H18S4.C26H18S2/c1-3-11-31-37-33-25-29(19-17-27-13-7-5-8-14-27)21-23-35(33)42-40(37)32(12-4-2)38-34-26-30(22-24-36(34)41-39(31)38)20-18-28-15-9-6-10-16-28;1-3-7-27-31-25-13-11-21(23-9-5-15-35-19-23)17-29(25)38-34(31)28(8-4-2)32-26-14-12-22(18-30(26)37-33(27)32)24-10-6-16-36-20-24;1-3-7-23-29-21-13-11-19(25-9-5-15-33-25)17-27(21)36-32(29)24(8-4-2)30-22-14-12-20(26-10-6-16-34-26)18-28(22)35-31(23)30;1-5-7-17-23-19-13-15(3)9-11-21(19)28-26(23)18(8-6-2)24-20-14-16(4)10-12-22(20)27-25(17)24/h5-10,13-26H,1-2H3;5-6,9-20H,1-2H3;5-6,9-18H,1-2H3;9-14H,1-4H3/b19-17+,20-18+;;;. The number of rotatable bonds is 8. The first kappa shape index (κ1) is 92.2. The van der Waals surface area contributed by atoms with Gasteiger partial charge in [-0.15, -0.1) is 161 Å². The fourth-order valence-corrected chi connectivity index (χ4v) is 30.9. The lowest BCUT2D eigenvalue weighted by Gasteiger charge is -2.05. The molecule has 680 valence electrons. The molecule has 0 bridgehead atoms. The van der Waals surface area contributed by atoms with E-state index in [0.29, 0.717) is 0 Å². The van der Waals surface area contributed by atoms with Gasteiger partial charge in [-0.2, -0.15) is 0 Å². The zero-order valence-corrected chi connectivity index (χ0v) is 88.2. The number of fused-ring (bicyclic) bond motifs is 24. The third kappa shape index (κ3) is 16.8. The van der Waals surface area contributed by atoms with Crippen LogP contribution in [-0.4, -0.2) is 9.97 Å². The SMILES string of the molecule is CC#Cc1c2sc3cc(-c4cccnc4)ccc3c2c(C#CC)c2sc3cc(-c4cccnc4)ccc3c12.CC#Cc1c2sc3cc(-c4cccs4)ccc3c2c(C#CC)c2sc3cc(-c4cccs4)ccc3c12.CC#Cc1c2sc3ccc(/C=C/c4ccccc4)cc3c2c(C#CC)c2sc3ccc(/C=C/c4ccccc4)cc3c12.CC#Cc1c2sc3ccc(C)cc3c2c(C#CC)c2sc3ccc(C)cc3c12. The van der Waals surface area contributed by atoms with Crippen molar-refractivity contribution in [2.45, 2.75) is 69.2 Å². The van der Waals surface area contributed by atoms with Crippen LogP contribution in [0.3, 0.4) is 0 Å². The van der Waals surface area contributed by atoms with E-state index in [1.54, 1.807) is 22.7 Å². The van der Waals surface area contributed by atoms with Gasteiger partial charge in [-0.25, -0.2) is 0 Å². The Morgan fingerprint density at radius 3 is 0.750 bits per heavy atom. The van der Waals surface area contributed by atoms with Crippen molar-refractivity contribution >= 4 is 299 Å². The van der Waals surface area contributed by atoms with E-state index in [1.807, 2.05) is 195 Å². The summed E-state index contributed by atoms with van der Waals surface area (Å²) in [5, 5.41) is 24.2. The highest BCUT2D eigenvalue weighted by Gasteiger charge is 2.28. The van der Waals surface area contributed by atoms with Crippen LogP contribution in [0.1, 0.15) is 133 Å². The summed E-state index contributed by atoms with van der Waals surface area (Å²) in [5.74, 6) is 53.6. The highest BCUT2D eigenvalue weighted by atomic mass is 32.1. The first-order chi connectivity index (χ1) is 70.9. The molecule has 0 saturated heterocycles. The van der Waals surface area contributed by atoms with Crippen molar-refractivity contribution in [2.75, 3.05) is 0 Å². The van der Waals surface area contributed by atoms with Crippen LogP contribution in [0.15, 0.2) is 290 Å². The summed E-state index contributed by atoms with van der Waals surface area (Å²) in [7, 11) is 0. The Morgan fingerprint density at radius 2 is 0.472 bits per heavy atom. The minimum absolute atomic E-state index is 1.10. The van der Waals surface area contributed by atoms with Crippen molar-refractivity contribution in [3.05, 3.63) is 368 Å². The molecule has 12 aromatic heterocycles. The van der Waals surface area contributed by atoms with E-state index in [9.17, 15) is 0 Å². The molecule has 0 atom stereocenters. The summed E-state index contributed by atoms with van der Waals surface area (Å²) in [6.45, 7) is 19.7. The van der Waals surface area contributed by atoms with Gasteiger partial charge >= 0.3 is 0 Å². The van der Waals surface area contributed by atoms with Gasteiger partial charge in [-0.1, -0.05) is 241 Å². The molecule has 0 radical (unpaired) electrons. The normalized spacial score (nSPS) is 11.2. The Morgan fingerprint density at radius 1 is 0.208 bits per heavy atom. The molecular weight excluding hydrogens is 1930 g/mol. The molecule has 0 spiro atoms. The molecule has 26 aromatic rings. The number of hydrogen-bond donors (Lipinski definition) is 0. The molecule has 12 heteroatoms. The Hall–Kier alpha value is -15.5. The molecule has 0 aliphatic heterocycles. The molecule has 0 unspecified atom stereocenters. The Kier molecular flexibility index (Phi) is 25.5. The number of pyridine rings is 2. The molecule has 12 heterocycles. The quantitative estimate of drug-likeness (QED) is 0.112. The molecule has 2 nitrogen and oxygen atoms in total. The van der Waals surface area contributed by atoms with Crippen molar-refractivity contribution in [1.29, 1.82) is 0 Å². The number of hydrogen-bond acceptors (Lipinski definition) is 12. The van der Waals surface area contributed by atoms with Crippen LogP contribution in [0.25, 0.3) is 229 Å². The van der Waals surface area contributed by atoms with E-state index in [4.69, 9.17) is 0 Å².